The summed E-state index contributed by atoms with van der Waals surface area (Å²) < 4.78 is 8.99. The number of aromatic nitrogens is 4. The second-order valence-corrected chi connectivity index (χ2v) is 6.88. The number of halogens is 1. The van der Waals surface area contributed by atoms with E-state index in [9.17, 15) is 4.79 Å². The first-order valence-electron chi connectivity index (χ1n) is 8.55. The molecule has 0 bridgehead atoms. The Labute approximate surface area is 162 Å². The van der Waals surface area contributed by atoms with Crippen LogP contribution in [0.1, 0.15) is 22.5 Å². The van der Waals surface area contributed by atoms with Crippen LogP contribution in [-0.4, -0.2) is 25.5 Å². The molecule has 1 N–H and O–H groups in total. The van der Waals surface area contributed by atoms with Gasteiger partial charge in [0.2, 0.25) is 5.91 Å². The molecule has 0 aliphatic heterocycles. The summed E-state index contributed by atoms with van der Waals surface area (Å²) in [5.41, 5.74) is 4.32. The first kappa shape index (κ1) is 19.0. The summed E-state index contributed by atoms with van der Waals surface area (Å²) in [4.78, 5) is 12.2. The van der Waals surface area contributed by atoms with Crippen LogP contribution in [0.25, 0.3) is 0 Å². The number of nitrogens with zero attached hydrogens (tertiary/aromatic N) is 4. The summed E-state index contributed by atoms with van der Waals surface area (Å²) in [6.45, 7) is 8.03. The maximum atomic E-state index is 12.2. The summed E-state index contributed by atoms with van der Waals surface area (Å²) in [7, 11) is 0. The third-order valence-corrected chi connectivity index (χ3v) is 4.73. The minimum Gasteiger partial charge on any atom is -0.471 e. The van der Waals surface area contributed by atoms with Crippen LogP contribution in [0.2, 0.25) is 5.02 Å². The highest BCUT2D eigenvalue weighted by Crippen LogP contribution is 2.20. The van der Waals surface area contributed by atoms with E-state index in [1.165, 1.54) is 5.56 Å². The molecule has 0 radical (unpaired) electrons. The molecule has 2 heterocycles. The first-order chi connectivity index (χ1) is 12.8. The Morgan fingerprint density at radius 1 is 1.26 bits per heavy atom. The Kier molecular flexibility index (Phi) is 5.51. The fraction of sp³-hybridized carbons (Fsp3) is 0.316. The number of aryl methyl sites for hydroxylation is 3. The van der Waals surface area contributed by atoms with E-state index in [2.05, 4.69) is 21.6 Å². The number of carbonyl (C=O) groups excluding carboxylic acids is 1. The highest BCUT2D eigenvalue weighted by atomic mass is 35.5. The van der Waals surface area contributed by atoms with Gasteiger partial charge in [0.05, 0.1) is 34.5 Å². The van der Waals surface area contributed by atoms with Gasteiger partial charge in [-0.1, -0.05) is 29.3 Å². The number of hydrogen-bond acceptors (Lipinski definition) is 4. The number of rotatable bonds is 6. The van der Waals surface area contributed by atoms with Crippen LogP contribution in [0.5, 0.6) is 5.75 Å². The van der Waals surface area contributed by atoms with E-state index in [4.69, 9.17) is 16.3 Å². The molecule has 1 amide bonds. The lowest BCUT2D eigenvalue weighted by Gasteiger charge is -2.09. The van der Waals surface area contributed by atoms with Crippen molar-refractivity contribution in [2.24, 2.45) is 0 Å². The van der Waals surface area contributed by atoms with Gasteiger partial charge in [0.1, 0.15) is 12.3 Å². The van der Waals surface area contributed by atoms with Crippen molar-refractivity contribution < 1.29 is 9.53 Å². The molecule has 0 fully saturated rings. The summed E-state index contributed by atoms with van der Waals surface area (Å²) in [5, 5.41) is 11.8. The molecule has 27 heavy (non-hydrogen) atoms. The fourth-order valence-corrected chi connectivity index (χ4v) is 2.90. The summed E-state index contributed by atoms with van der Waals surface area (Å²) in [6, 6.07) is 6.01. The molecule has 0 saturated carbocycles. The number of ether oxygens (including phenoxy) is 1. The number of anilines is 1. The van der Waals surface area contributed by atoms with E-state index in [0.29, 0.717) is 16.4 Å². The molecule has 1 aromatic carbocycles. The van der Waals surface area contributed by atoms with E-state index in [0.717, 1.165) is 17.0 Å². The second kappa shape index (κ2) is 7.84. The molecule has 0 spiro atoms. The van der Waals surface area contributed by atoms with Crippen LogP contribution in [0, 0.1) is 27.7 Å². The average Bonchev–Trinajstić information content (AvgIpc) is 3.14. The monoisotopic (exact) mass is 387 g/mol. The number of benzene rings is 1. The van der Waals surface area contributed by atoms with Gasteiger partial charge >= 0.3 is 0 Å². The molecule has 0 saturated heterocycles. The normalized spacial score (nSPS) is 10.9. The van der Waals surface area contributed by atoms with Gasteiger partial charge in [-0.3, -0.25) is 9.48 Å². The number of amides is 1. The molecule has 3 aromatic rings. The van der Waals surface area contributed by atoms with Crippen LogP contribution in [0.3, 0.4) is 0 Å². The standard InChI is InChI=1S/C19H22ClN5O2/c1-12-5-6-17(13(2)7-12)27-11-24-9-16(8-21-24)22-18(26)10-25-15(4)19(20)14(3)23-25/h5-9H,10-11H2,1-4H3,(H,22,26). The summed E-state index contributed by atoms with van der Waals surface area (Å²) >= 11 is 6.11. The Morgan fingerprint density at radius 3 is 2.70 bits per heavy atom. The highest BCUT2D eigenvalue weighted by Gasteiger charge is 2.13. The van der Waals surface area contributed by atoms with Gasteiger partial charge in [-0.25, -0.2) is 4.68 Å². The van der Waals surface area contributed by atoms with Crippen molar-refractivity contribution in [3.05, 3.63) is 58.1 Å². The molecular formula is C19H22ClN5O2. The van der Waals surface area contributed by atoms with Gasteiger partial charge in [0.25, 0.3) is 0 Å². The van der Waals surface area contributed by atoms with Crippen LogP contribution >= 0.6 is 11.6 Å². The molecule has 142 valence electrons. The molecular weight excluding hydrogens is 366 g/mol. The van der Waals surface area contributed by atoms with Gasteiger partial charge in [0.15, 0.2) is 6.73 Å². The predicted molar refractivity (Wildman–Crippen MR) is 104 cm³/mol. The topological polar surface area (TPSA) is 74.0 Å². The van der Waals surface area contributed by atoms with Crippen molar-refractivity contribution in [3.8, 4) is 5.75 Å². The number of carbonyl (C=O) groups is 1. The third-order valence-electron chi connectivity index (χ3n) is 4.19. The first-order valence-corrected chi connectivity index (χ1v) is 8.93. The third kappa shape index (κ3) is 4.49. The van der Waals surface area contributed by atoms with Gasteiger partial charge in [0, 0.05) is 0 Å². The molecule has 7 nitrogen and oxygen atoms in total. The summed E-state index contributed by atoms with van der Waals surface area (Å²) in [6.07, 6.45) is 3.30. The smallest absolute Gasteiger partial charge is 0.246 e. The zero-order valence-electron chi connectivity index (χ0n) is 15.8. The van der Waals surface area contributed by atoms with Gasteiger partial charge in [-0.15, -0.1) is 0 Å². The zero-order chi connectivity index (χ0) is 19.6. The van der Waals surface area contributed by atoms with E-state index in [-0.39, 0.29) is 19.2 Å². The lowest BCUT2D eigenvalue weighted by atomic mass is 10.1. The Bertz CT molecular complexity index is 977. The molecule has 0 aliphatic carbocycles. The minimum atomic E-state index is -0.202. The van der Waals surface area contributed by atoms with Crippen molar-refractivity contribution in [3.63, 3.8) is 0 Å². The van der Waals surface area contributed by atoms with Gasteiger partial charge < -0.3 is 10.1 Å². The SMILES string of the molecule is Cc1ccc(OCn2cc(NC(=O)Cn3nc(C)c(Cl)c3C)cn2)c(C)c1. The highest BCUT2D eigenvalue weighted by molar-refractivity contribution is 6.31. The maximum absolute atomic E-state index is 12.2. The Morgan fingerprint density at radius 2 is 2.04 bits per heavy atom. The predicted octanol–water partition coefficient (Wildman–Crippen LogP) is 3.64. The zero-order valence-corrected chi connectivity index (χ0v) is 16.5. The number of nitrogens with one attached hydrogen (secondary N) is 1. The van der Waals surface area contributed by atoms with Crippen molar-refractivity contribution in [1.29, 1.82) is 0 Å². The maximum Gasteiger partial charge on any atom is 0.246 e. The van der Waals surface area contributed by atoms with Crippen molar-refractivity contribution in [2.75, 3.05) is 5.32 Å². The van der Waals surface area contributed by atoms with Crippen LogP contribution < -0.4 is 10.1 Å². The van der Waals surface area contributed by atoms with Crippen LogP contribution in [0.15, 0.2) is 30.6 Å². The lowest BCUT2D eigenvalue weighted by molar-refractivity contribution is -0.116. The van der Waals surface area contributed by atoms with E-state index in [1.807, 2.05) is 39.8 Å². The lowest BCUT2D eigenvalue weighted by Crippen LogP contribution is -2.20. The molecule has 8 heteroatoms. The Balaban J connectivity index is 1.57. The van der Waals surface area contributed by atoms with Crippen molar-refractivity contribution in [2.45, 2.75) is 41.0 Å². The van der Waals surface area contributed by atoms with Crippen LogP contribution in [-0.2, 0) is 18.1 Å². The Hall–Kier alpha value is -2.80. The number of hydrogen-bond donors (Lipinski definition) is 1. The fourth-order valence-electron chi connectivity index (χ4n) is 2.76. The van der Waals surface area contributed by atoms with E-state index >= 15 is 0 Å². The molecule has 0 unspecified atom stereocenters. The van der Waals surface area contributed by atoms with Crippen molar-refractivity contribution in [1.82, 2.24) is 19.6 Å². The largest absolute Gasteiger partial charge is 0.471 e. The van der Waals surface area contributed by atoms with E-state index in [1.54, 1.807) is 21.8 Å². The van der Waals surface area contributed by atoms with Gasteiger partial charge in [-0.05, 0) is 39.3 Å². The summed E-state index contributed by atoms with van der Waals surface area (Å²) in [5.74, 6) is 0.607. The molecule has 3 rings (SSSR count). The van der Waals surface area contributed by atoms with Crippen molar-refractivity contribution >= 4 is 23.2 Å². The molecule has 2 aromatic heterocycles. The minimum absolute atomic E-state index is 0.0869. The average molecular weight is 388 g/mol. The second-order valence-electron chi connectivity index (χ2n) is 6.50. The van der Waals surface area contributed by atoms with E-state index < -0.39 is 0 Å². The molecule has 0 aliphatic rings. The van der Waals surface area contributed by atoms with Crippen LogP contribution in [0.4, 0.5) is 5.69 Å². The quantitative estimate of drug-likeness (QED) is 0.700. The van der Waals surface area contributed by atoms with Gasteiger partial charge in [-0.2, -0.15) is 10.2 Å². The molecule has 0 atom stereocenters.